The van der Waals surface area contributed by atoms with Crippen LogP contribution in [0.25, 0.3) is 50.5 Å². The largest absolute Gasteiger partial charge is 2.00 e. The van der Waals surface area contributed by atoms with Gasteiger partial charge in [-0.3, -0.25) is 4.98 Å². The third-order valence-electron chi connectivity index (χ3n) is 10.7. The molecule has 0 amide bonds. The van der Waals surface area contributed by atoms with Crippen molar-refractivity contribution in [2.45, 2.75) is 34.6 Å². The van der Waals surface area contributed by atoms with Crippen LogP contribution in [-0.2, 0) is 21.1 Å². The molecule has 0 radical (unpaired) electrons. The summed E-state index contributed by atoms with van der Waals surface area (Å²) < 4.78 is 15.4. The normalized spacial score (nSPS) is 12.3. The maximum Gasteiger partial charge on any atom is 2.00 e. The van der Waals surface area contributed by atoms with E-state index < -0.39 is 0 Å². The Morgan fingerprint density at radius 1 is 0.611 bits per heavy atom. The molecule has 0 fully saturated rings. The van der Waals surface area contributed by atoms with E-state index in [0.717, 1.165) is 84.3 Å². The van der Waals surface area contributed by atoms with E-state index in [2.05, 4.69) is 130 Å². The number of benzene rings is 6. The monoisotopic (exact) mass is 878 g/mol. The molecule has 0 bridgehead atoms. The van der Waals surface area contributed by atoms with Crippen LogP contribution < -0.4 is 25.9 Å². The van der Waals surface area contributed by atoms with Gasteiger partial charge in [0.05, 0.1) is 16.9 Å². The SMILES string of the molecule is Cc1cc(C)c(-c2ccnc(-c3[c-]c4c(cc3)Oc3cccc5c3B4c3[c-]c(-c4nc6ccccc6n4-c4c(C)cccc4C)ccc3O5)c2)c(C)c1.[Pt+2]. The van der Waals surface area contributed by atoms with E-state index in [4.69, 9.17) is 19.4 Å². The molecule has 0 saturated carbocycles. The molecule has 0 N–H and O–H groups in total. The van der Waals surface area contributed by atoms with Crippen LogP contribution in [0.5, 0.6) is 23.0 Å². The average Bonchev–Trinajstić information content (AvgIpc) is 3.53. The zero-order valence-electron chi connectivity index (χ0n) is 30.5. The molecule has 0 saturated heterocycles. The summed E-state index contributed by atoms with van der Waals surface area (Å²) in [6.07, 6.45) is 1.90. The summed E-state index contributed by atoms with van der Waals surface area (Å²) >= 11 is 0. The van der Waals surface area contributed by atoms with Crippen molar-refractivity contribution >= 4 is 34.1 Å². The zero-order chi connectivity index (χ0) is 36.0. The van der Waals surface area contributed by atoms with Crippen LogP contribution in [0.1, 0.15) is 27.8 Å². The Kier molecular flexibility index (Phi) is 8.21. The average molecular weight is 879 g/mol. The van der Waals surface area contributed by atoms with Gasteiger partial charge in [-0.25, -0.2) is 0 Å². The molecule has 6 aromatic carbocycles. The second-order valence-electron chi connectivity index (χ2n) is 14.3. The minimum atomic E-state index is -0.226. The number of imidazole rings is 1. The van der Waals surface area contributed by atoms with Gasteiger partial charge in [0.15, 0.2) is 0 Å². The van der Waals surface area contributed by atoms with Crippen molar-refractivity contribution in [1.29, 1.82) is 0 Å². The van der Waals surface area contributed by atoms with Crippen LogP contribution in [0, 0.1) is 46.8 Å². The number of aromatic nitrogens is 3. The first-order valence-electron chi connectivity index (χ1n) is 18.0. The minimum absolute atomic E-state index is 0. The molecule has 0 unspecified atom stereocenters. The summed E-state index contributed by atoms with van der Waals surface area (Å²) in [7, 11) is 0. The van der Waals surface area contributed by atoms with E-state index in [1.54, 1.807) is 0 Å². The quantitative estimate of drug-likeness (QED) is 0.131. The number of nitrogens with zero attached hydrogens (tertiary/aromatic N) is 3. The first-order valence-corrected chi connectivity index (χ1v) is 18.0. The minimum Gasteiger partial charge on any atom is -0.503 e. The molecule has 2 aliphatic heterocycles. The Hall–Kier alpha value is -5.71. The fourth-order valence-corrected chi connectivity index (χ4v) is 8.50. The molecule has 54 heavy (non-hydrogen) atoms. The Morgan fingerprint density at radius 3 is 1.94 bits per heavy atom. The van der Waals surface area contributed by atoms with Crippen molar-refractivity contribution in [3.05, 3.63) is 155 Å². The summed E-state index contributed by atoms with van der Waals surface area (Å²) in [5, 5.41) is 0. The van der Waals surface area contributed by atoms with Gasteiger partial charge in [-0.15, -0.1) is 58.5 Å². The molecular weight excluding hydrogens is 844 g/mol. The fraction of sp³-hybridized carbons (Fsp3) is 0.106. The van der Waals surface area contributed by atoms with E-state index in [-0.39, 0.29) is 27.8 Å². The second-order valence-corrected chi connectivity index (χ2v) is 14.3. The number of hydrogen-bond acceptors (Lipinski definition) is 4. The van der Waals surface area contributed by atoms with Crippen LogP contribution in [-0.4, -0.2) is 21.2 Å². The van der Waals surface area contributed by atoms with Crippen LogP contribution in [0.3, 0.4) is 0 Å². The van der Waals surface area contributed by atoms with Crippen LogP contribution in [0.2, 0.25) is 0 Å². The molecule has 2 aliphatic rings. The zero-order valence-corrected chi connectivity index (χ0v) is 32.8. The van der Waals surface area contributed by atoms with Gasteiger partial charge in [0.1, 0.15) is 11.5 Å². The van der Waals surface area contributed by atoms with Crippen molar-refractivity contribution in [2.24, 2.45) is 0 Å². The van der Waals surface area contributed by atoms with E-state index in [0.29, 0.717) is 0 Å². The summed E-state index contributed by atoms with van der Waals surface area (Å²) in [4.78, 5) is 10.1. The van der Waals surface area contributed by atoms with E-state index in [9.17, 15) is 0 Å². The maximum absolute atomic E-state index is 6.59. The molecule has 10 rings (SSSR count). The molecule has 4 heterocycles. The van der Waals surface area contributed by atoms with Gasteiger partial charge in [0, 0.05) is 28.8 Å². The van der Waals surface area contributed by atoms with Gasteiger partial charge in [0.2, 0.25) is 6.71 Å². The Balaban J connectivity index is 0.00000384. The Morgan fingerprint density at radius 2 is 1.24 bits per heavy atom. The molecule has 2 aromatic heterocycles. The standard InChI is InChI=1S/C47H34BN3O2.Pt/c1-27-22-30(4)44(31(5)23-27)33-20-21-49-38(26-33)32-16-18-40-35(24-32)48-36-25-34(17-19-41(36)53-43-15-9-14-42(52-40)45(43)48)47-50-37-12-6-7-13-39(37)51(47)46-28(2)10-8-11-29(46)3;/h6-23,26H,1-5H3;/q-2;+2. The second kappa shape index (κ2) is 13.0. The van der Waals surface area contributed by atoms with Gasteiger partial charge in [-0.2, -0.15) is 0 Å². The number of para-hydroxylation sites is 3. The number of aryl methyl sites for hydroxylation is 5. The molecule has 8 aromatic rings. The number of pyridine rings is 1. The fourth-order valence-electron chi connectivity index (χ4n) is 8.50. The topological polar surface area (TPSA) is 49.2 Å². The molecule has 262 valence electrons. The molecule has 0 spiro atoms. The Labute approximate surface area is 330 Å². The summed E-state index contributed by atoms with van der Waals surface area (Å²) in [6.45, 7) is 10.6. The van der Waals surface area contributed by atoms with Gasteiger partial charge in [0.25, 0.3) is 0 Å². The van der Waals surface area contributed by atoms with Gasteiger partial charge in [-0.05, 0) is 104 Å². The van der Waals surface area contributed by atoms with Crippen molar-refractivity contribution in [2.75, 3.05) is 0 Å². The van der Waals surface area contributed by atoms with Gasteiger partial charge in [-0.1, -0.05) is 60.2 Å². The van der Waals surface area contributed by atoms with Crippen molar-refractivity contribution in [3.63, 3.8) is 0 Å². The third kappa shape index (κ3) is 5.35. The summed E-state index contributed by atoms with van der Waals surface area (Å²) in [5.41, 5.74) is 17.1. The number of ether oxygens (including phenoxy) is 2. The molecule has 5 nitrogen and oxygen atoms in total. The van der Waals surface area contributed by atoms with Crippen molar-refractivity contribution in [3.8, 4) is 62.5 Å². The third-order valence-corrected chi connectivity index (χ3v) is 10.7. The molecular formula is C47H34BN3O2Pt. The number of hydrogen-bond donors (Lipinski definition) is 0. The van der Waals surface area contributed by atoms with Crippen molar-refractivity contribution < 1.29 is 30.5 Å². The summed E-state index contributed by atoms with van der Waals surface area (Å²) in [6, 6.07) is 45.4. The Bertz CT molecular complexity index is 2770. The van der Waals surface area contributed by atoms with E-state index >= 15 is 0 Å². The van der Waals surface area contributed by atoms with E-state index in [1.165, 1.54) is 33.4 Å². The van der Waals surface area contributed by atoms with Crippen LogP contribution in [0.15, 0.2) is 115 Å². The molecule has 0 aliphatic carbocycles. The number of fused-ring (bicyclic) bond motifs is 5. The van der Waals surface area contributed by atoms with Crippen molar-refractivity contribution in [1.82, 2.24) is 14.5 Å². The smallest absolute Gasteiger partial charge is 0.503 e. The summed E-state index contributed by atoms with van der Waals surface area (Å²) in [5.74, 6) is 3.91. The maximum atomic E-state index is 6.59. The first kappa shape index (κ1) is 34.1. The number of rotatable bonds is 4. The predicted molar refractivity (Wildman–Crippen MR) is 214 cm³/mol. The van der Waals surface area contributed by atoms with Crippen LogP contribution in [0.4, 0.5) is 0 Å². The molecule has 7 heteroatoms. The molecule has 0 atom stereocenters. The van der Waals surface area contributed by atoms with E-state index in [1.807, 2.05) is 36.5 Å². The van der Waals surface area contributed by atoms with Gasteiger partial charge >= 0.3 is 21.1 Å². The first-order chi connectivity index (χ1) is 25.8. The van der Waals surface area contributed by atoms with Gasteiger partial charge < -0.3 is 19.0 Å². The predicted octanol–water partition coefficient (Wildman–Crippen LogP) is 9.29. The van der Waals surface area contributed by atoms with Crippen LogP contribution >= 0.6 is 0 Å².